The highest BCUT2D eigenvalue weighted by Crippen LogP contribution is 2.19. The zero-order chi connectivity index (χ0) is 15.8. The molecule has 2 aromatic heterocycles. The highest BCUT2D eigenvalue weighted by molar-refractivity contribution is 5.76. The summed E-state index contributed by atoms with van der Waals surface area (Å²) >= 11 is 0. The fourth-order valence-electron chi connectivity index (χ4n) is 2.89. The molecule has 0 atom stereocenters. The van der Waals surface area contributed by atoms with E-state index in [0.717, 1.165) is 5.69 Å². The molecule has 0 unspecified atom stereocenters. The normalized spacial score (nSPS) is 16.1. The molecule has 4 rings (SSSR count). The molecule has 0 aliphatic carbocycles. The van der Waals surface area contributed by atoms with Crippen molar-refractivity contribution in [1.29, 1.82) is 0 Å². The third-order valence-corrected chi connectivity index (χ3v) is 4.19. The van der Waals surface area contributed by atoms with Crippen LogP contribution in [0.2, 0.25) is 0 Å². The van der Waals surface area contributed by atoms with Gasteiger partial charge in [-0.1, -0.05) is 18.2 Å². The fraction of sp³-hybridized carbons (Fsp3) is 0.312. The molecular weight excluding hydrogens is 294 g/mol. The lowest BCUT2D eigenvalue weighted by Crippen LogP contribution is -2.37. The van der Waals surface area contributed by atoms with E-state index in [1.54, 1.807) is 4.68 Å². The van der Waals surface area contributed by atoms with E-state index >= 15 is 0 Å². The molecule has 3 heterocycles. The lowest BCUT2D eigenvalue weighted by molar-refractivity contribution is 0.145. The summed E-state index contributed by atoms with van der Waals surface area (Å²) in [7, 11) is 0. The molecule has 23 heavy (non-hydrogen) atoms. The average molecular weight is 311 g/mol. The highest BCUT2D eigenvalue weighted by atomic mass is 16.3. The first-order chi connectivity index (χ1) is 11.2. The quantitative estimate of drug-likeness (QED) is 0.739. The number of nitrogens with one attached hydrogen (secondary N) is 1. The van der Waals surface area contributed by atoms with Crippen LogP contribution in [-0.4, -0.2) is 44.0 Å². The van der Waals surface area contributed by atoms with Crippen molar-refractivity contribution in [2.75, 3.05) is 18.0 Å². The van der Waals surface area contributed by atoms with Gasteiger partial charge in [-0.15, -0.1) is 0 Å². The Balaban J connectivity index is 1.81. The number of anilines is 1. The van der Waals surface area contributed by atoms with Gasteiger partial charge >= 0.3 is 0 Å². The molecule has 1 fully saturated rings. The lowest BCUT2D eigenvalue weighted by atomic mass is 10.1. The first-order valence-electron chi connectivity index (χ1n) is 7.69. The molecule has 1 aromatic carbocycles. The molecule has 0 amide bonds. The number of aromatic amines is 1. The number of aliphatic hydroxyl groups is 1. The summed E-state index contributed by atoms with van der Waals surface area (Å²) in [5, 5.41) is 14.4. The van der Waals surface area contributed by atoms with Crippen LogP contribution in [0.15, 0.2) is 41.3 Å². The predicted molar refractivity (Wildman–Crippen MR) is 86.9 cm³/mol. The van der Waals surface area contributed by atoms with Gasteiger partial charge in [0.1, 0.15) is 5.39 Å². The topological polar surface area (TPSA) is 87.0 Å². The van der Waals surface area contributed by atoms with Gasteiger partial charge in [0.25, 0.3) is 5.56 Å². The van der Waals surface area contributed by atoms with Gasteiger partial charge in [0.2, 0.25) is 5.95 Å². The van der Waals surface area contributed by atoms with E-state index in [1.165, 1.54) is 6.20 Å². The minimum Gasteiger partial charge on any atom is -0.393 e. The molecule has 0 radical (unpaired) electrons. The van der Waals surface area contributed by atoms with Gasteiger partial charge < -0.3 is 10.0 Å². The summed E-state index contributed by atoms with van der Waals surface area (Å²) in [5.74, 6) is 0.534. The van der Waals surface area contributed by atoms with E-state index in [4.69, 9.17) is 0 Å². The summed E-state index contributed by atoms with van der Waals surface area (Å²) in [6.07, 6.45) is 2.63. The molecule has 1 saturated heterocycles. The second-order valence-electron chi connectivity index (χ2n) is 5.74. The number of nitrogens with zero attached hydrogens (tertiary/aromatic N) is 4. The van der Waals surface area contributed by atoms with Gasteiger partial charge in [-0.05, 0) is 25.0 Å². The number of H-pyrrole nitrogens is 1. The van der Waals surface area contributed by atoms with Gasteiger partial charge in [0, 0.05) is 13.1 Å². The summed E-state index contributed by atoms with van der Waals surface area (Å²) in [5.41, 5.74) is 1.21. The SMILES string of the molecule is O=c1[nH]c(N2CCC(O)CC2)nc2c1cnn2-c1ccccc1. The maximum atomic E-state index is 12.3. The predicted octanol–water partition coefficient (Wildman–Crippen LogP) is 1.07. The molecule has 2 N–H and O–H groups in total. The molecule has 7 nitrogen and oxygen atoms in total. The Labute approximate surface area is 132 Å². The number of para-hydroxylation sites is 1. The van der Waals surface area contributed by atoms with Crippen molar-refractivity contribution in [3.05, 3.63) is 46.9 Å². The maximum Gasteiger partial charge on any atom is 0.263 e. The summed E-state index contributed by atoms with van der Waals surface area (Å²) in [4.78, 5) is 21.8. The highest BCUT2D eigenvalue weighted by Gasteiger charge is 2.20. The van der Waals surface area contributed by atoms with Gasteiger partial charge in [0.05, 0.1) is 18.0 Å². The van der Waals surface area contributed by atoms with Crippen LogP contribution in [0.5, 0.6) is 0 Å². The van der Waals surface area contributed by atoms with Crippen LogP contribution in [0, 0.1) is 0 Å². The lowest BCUT2D eigenvalue weighted by Gasteiger charge is -2.29. The minimum absolute atomic E-state index is 0.196. The third-order valence-electron chi connectivity index (χ3n) is 4.19. The van der Waals surface area contributed by atoms with Crippen molar-refractivity contribution in [1.82, 2.24) is 19.7 Å². The molecule has 0 spiro atoms. The van der Waals surface area contributed by atoms with E-state index in [0.29, 0.717) is 42.9 Å². The van der Waals surface area contributed by atoms with Crippen LogP contribution in [0.25, 0.3) is 16.7 Å². The fourth-order valence-corrected chi connectivity index (χ4v) is 2.89. The Morgan fingerprint density at radius 3 is 2.65 bits per heavy atom. The number of rotatable bonds is 2. The van der Waals surface area contributed by atoms with Crippen LogP contribution in [-0.2, 0) is 0 Å². The van der Waals surface area contributed by atoms with Crippen LogP contribution in [0.1, 0.15) is 12.8 Å². The second kappa shape index (κ2) is 5.51. The molecular formula is C16H17N5O2. The molecule has 0 saturated carbocycles. The van der Waals surface area contributed by atoms with Gasteiger partial charge in [-0.25, -0.2) is 4.68 Å². The number of aromatic nitrogens is 4. The van der Waals surface area contributed by atoms with Crippen molar-refractivity contribution in [3.8, 4) is 5.69 Å². The van der Waals surface area contributed by atoms with Crippen LogP contribution >= 0.6 is 0 Å². The number of hydrogen-bond donors (Lipinski definition) is 2. The van der Waals surface area contributed by atoms with Gasteiger partial charge in [0.15, 0.2) is 5.65 Å². The smallest absolute Gasteiger partial charge is 0.263 e. The largest absolute Gasteiger partial charge is 0.393 e. The van der Waals surface area contributed by atoms with Crippen LogP contribution < -0.4 is 10.5 Å². The monoisotopic (exact) mass is 311 g/mol. The first-order valence-corrected chi connectivity index (χ1v) is 7.69. The van der Waals surface area contributed by atoms with E-state index in [2.05, 4.69) is 15.1 Å². The molecule has 1 aliphatic heterocycles. The molecule has 1 aliphatic rings. The maximum absolute atomic E-state index is 12.3. The molecule has 3 aromatic rings. The Hall–Kier alpha value is -2.67. The summed E-state index contributed by atoms with van der Waals surface area (Å²) < 4.78 is 1.67. The Kier molecular flexibility index (Phi) is 3.34. The second-order valence-corrected chi connectivity index (χ2v) is 5.74. The first kappa shape index (κ1) is 14.0. The van der Waals surface area contributed by atoms with Crippen LogP contribution in [0.3, 0.4) is 0 Å². The van der Waals surface area contributed by atoms with Crippen LogP contribution in [0.4, 0.5) is 5.95 Å². The van der Waals surface area contributed by atoms with Crippen molar-refractivity contribution in [2.24, 2.45) is 0 Å². The molecule has 118 valence electrons. The van der Waals surface area contributed by atoms with E-state index in [9.17, 15) is 9.90 Å². The van der Waals surface area contributed by atoms with E-state index < -0.39 is 0 Å². The van der Waals surface area contributed by atoms with E-state index in [-0.39, 0.29) is 11.7 Å². The summed E-state index contributed by atoms with van der Waals surface area (Å²) in [6, 6.07) is 9.62. The van der Waals surface area contributed by atoms with Crippen molar-refractivity contribution < 1.29 is 5.11 Å². The van der Waals surface area contributed by atoms with Gasteiger partial charge in [-0.2, -0.15) is 10.1 Å². The molecule has 0 bridgehead atoms. The Morgan fingerprint density at radius 2 is 1.91 bits per heavy atom. The van der Waals surface area contributed by atoms with Crippen molar-refractivity contribution in [3.63, 3.8) is 0 Å². The zero-order valence-corrected chi connectivity index (χ0v) is 12.5. The zero-order valence-electron chi connectivity index (χ0n) is 12.5. The number of benzene rings is 1. The standard InChI is InChI=1S/C16H17N5O2/c22-12-6-8-20(9-7-12)16-18-14-13(15(23)19-16)10-17-21(14)11-4-2-1-3-5-11/h1-5,10,12,22H,6-9H2,(H,18,19,23). The number of piperidine rings is 1. The molecule has 7 heteroatoms. The number of fused-ring (bicyclic) bond motifs is 1. The third kappa shape index (κ3) is 2.49. The average Bonchev–Trinajstić information content (AvgIpc) is 3.01. The summed E-state index contributed by atoms with van der Waals surface area (Å²) in [6.45, 7) is 1.35. The number of hydrogen-bond acceptors (Lipinski definition) is 5. The van der Waals surface area contributed by atoms with Crippen molar-refractivity contribution in [2.45, 2.75) is 18.9 Å². The van der Waals surface area contributed by atoms with E-state index in [1.807, 2.05) is 35.2 Å². The van der Waals surface area contributed by atoms with Gasteiger partial charge in [-0.3, -0.25) is 9.78 Å². The van der Waals surface area contributed by atoms with Crippen molar-refractivity contribution >= 4 is 17.0 Å². The minimum atomic E-state index is -0.267. The Bertz CT molecular complexity index is 878. The number of aliphatic hydroxyl groups excluding tert-OH is 1. The Morgan fingerprint density at radius 1 is 1.17 bits per heavy atom.